The van der Waals surface area contributed by atoms with Gasteiger partial charge in [0.15, 0.2) is 0 Å². The van der Waals surface area contributed by atoms with Gasteiger partial charge >= 0.3 is 0 Å². The van der Waals surface area contributed by atoms with Gasteiger partial charge < -0.3 is 10.1 Å². The number of pyridine rings is 1. The molecule has 0 unspecified atom stereocenters. The summed E-state index contributed by atoms with van der Waals surface area (Å²) in [4.78, 5) is 15.9. The van der Waals surface area contributed by atoms with Crippen molar-refractivity contribution in [1.82, 2.24) is 10.3 Å². The highest BCUT2D eigenvalue weighted by atomic mass is 16.5. The Labute approximate surface area is 109 Å². The Morgan fingerprint density at radius 3 is 2.72 bits per heavy atom. The molecule has 0 amide bonds. The number of ether oxygens (including phenoxy) is 1. The smallest absolute Gasteiger partial charge is 0.138 e. The molecule has 0 saturated carbocycles. The van der Waals surface area contributed by atoms with Crippen molar-refractivity contribution < 1.29 is 9.53 Å². The molecule has 4 heteroatoms. The highest BCUT2D eigenvalue weighted by molar-refractivity contribution is 5.81. The van der Waals surface area contributed by atoms with E-state index in [1.54, 1.807) is 12.4 Å². The lowest BCUT2D eigenvalue weighted by atomic mass is 10.1. The van der Waals surface area contributed by atoms with Crippen molar-refractivity contribution in [2.75, 3.05) is 7.05 Å². The summed E-state index contributed by atoms with van der Waals surface area (Å²) >= 11 is 0. The van der Waals surface area contributed by atoms with Crippen LogP contribution < -0.4 is 10.1 Å². The maximum absolute atomic E-state index is 11.8. The Hall–Kier alpha value is -1.42. The number of Topliss-reactive ketones (excluding diaryl/α,β-unsaturated/α-hetero) is 1. The first-order chi connectivity index (χ1) is 8.51. The van der Waals surface area contributed by atoms with Gasteiger partial charge in [-0.3, -0.25) is 9.78 Å². The molecule has 1 aromatic rings. The average molecular weight is 250 g/mol. The van der Waals surface area contributed by atoms with Crippen LogP contribution in [0.5, 0.6) is 5.75 Å². The maximum atomic E-state index is 11.8. The van der Waals surface area contributed by atoms with Gasteiger partial charge in [0.25, 0.3) is 0 Å². The van der Waals surface area contributed by atoms with E-state index in [0.717, 1.165) is 11.3 Å². The van der Waals surface area contributed by atoms with Gasteiger partial charge in [-0.1, -0.05) is 0 Å². The van der Waals surface area contributed by atoms with E-state index in [1.165, 1.54) is 0 Å². The van der Waals surface area contributed by atoms with Gasteiger partial charge in [0.05, 0.1) is 12.3 Å². The van der Waals surface area contributed by atoms with Crippen molar-refractivity contribution in [1.29, 1.82) is 0 Å². The normalized spacial score (nSPS) is 12.5. The number of rotatable bonds is 7. The second-order valence-corrected chi connectivity index (χ2v) is 4.80. The number of aromatic nitrogens is 1. The Morgan fingerprint density at radius 1 is 1.39 bits per heavy atom. The highest BCUT2D eigenvalue weighted by Crippen LogP contribution is 2.14. The zero-order chi connectivity index (χ0) is 13.5. The van der Waals surface area contributed by atoms with E-state index in [2.05, 4.69) is 10.3 Å². The molecule has 18 heavy (non-hydrogen) atoms. The van der Waals surface area contributed by atoms with Crippen LogP contribution in [-0.2, 0) is 11.2 Å². The molecule has 0 saturated heterocycles. The summed E-state index contributed by atoms with van der Waals surface area (Å²) in [5, 5.41) is 3.06. The first-order valence-corrected chi connectivity index (χ1v) is 6.30. The molecule has 0 aliphatic carbocycles. The van der Waals surface area contributed by atoms with E-state index in [1.807, 2.05) is 33.9 Å². The maximum Gasteiger partial charge on any atom is 0.138 e. The van der Waals surface area contributed by atoms with E-state index in [9.17, 15) is 4.79 Å². The predicted molar refractivity (Wildman–Crippen MR) is 71.9 cm³/mol. The number of ketones is 1. The number of hydrogen-bond acceptors (Lipinski definition) is 4. The van der Waals surface area contributed by atoms with E-state index < -0.39 is 0 Å². The number of carbonyl (C=O) groups excluding carboxylic acids is 1. The topological polar surface area (TPSA) is 51.2 Å². The zero-order valence-corrected chi connectivity index (χ0v) is 11.6. The molecule has 4 nitrogen and oxygen atoms in total. The Bertz CT molecular complexity index is 391. The molecule has 0 bridgehead atoms. The molecule has 1 aromatic heterocycles. The van der Waals surface area contributed by atoms with Crippen LogP contribution in [0.1, 0.15) is 32.8 Å². The average Bonchev–Trinajstić information content (AvgIpc) is 2.28. The summed E-state index contributed by atoms with van der Waals surface area (Å²) in [5.41, 5.74) is 0.904. The van der Waals surface area contributed by atoms with E-state index in [-0.39, 0.29) is 17.9 Å². The van der Waals surface area contributed by atoms with Crippen molar-refractivity contribution >= 4 is 5.78 Å². The SMILES string of the molecule is CN[C@H](C)CC(=O)Cc1cncc(OC(C)C)c1. The Morgan fingerprint density at radius 2 is 2.11 bits per heavy atom. The molecular weight excluding hydrogens is 228 g/mol. The van der Waals surface area contributed by atoms with E-state index in [0.29, 0.717) is 12.8 Å². The Balaban J connectivity index is 2.59. The lowest BCUT2D eigenvalue weighted by Gasteiger charge is -2.11. The third-order valence-electron chi connectivity index (χ3n) is 2.57. The summed E-state index contributed by atoms with van der Waals surface area (Å²) in [6, 6.07) is 2.09. The van der Waals surface area contributed by atoms with Crippen molar-refractivity contribution in [2.45, 2.75) is 45.8 Å². The van der Waals surface area contributed by atoms with Crippen LogP contribution in [0, 0.1) is 0 Å². The fourth-order valence-corrected chi connectivity index (χ4v) is 1.64. The second kappa shape index (κ2) is 7.11. The van der Waals surface area contributed by atoms with Crippen molar-refractivity contribution in [3.8, 4) is 5.75 Å². The van der Waals surface area contributed by atoms with E-state index >= 15 is 0 Å². The summed E-state index contributed by atoms with van der Waals surface area (Å²) in [5.74, 6) is 0.928. The van der Waals surface area contributed by atoms with Crippen molar-refractivity contribution in [3.05, 3.63) is 24.0 Å². The third-order valence-corrected chi connectivity index (χ3v) is 2.57. The molecule has 0 aliphatic heterocycles. The Kier molecular flexibility index (Phi) is 5.78. The van der Waals surface area contributed by atoms with Crippen LogP contribution in [0.3, 0.4) is 0 Å². The molecule has 1 rings (SSSR count). The largest absolute Gasteiger partial charge is 0.489 e. The second-order valence-electron chi connectivity index (χ2n) is 4.80. The fourth-order valence-electron chi connectivity index (χ4n) is 1.64. The third kappa shape index (κ3) is 5.27. The lowest BCUT2D eigenvalue weighted by Crippen LogP contribution is -2.25. The highest BCUT2D eigenvalue weighted by Gasteiger charge is 2.09. The first kappa shape index (κ1) is 14.6. The molecule has 100 valence electrons. The molecular formula is C14H22N2O2. The van der Waals surface area contributed by atoms with E-state index in [4.69, 9.17) is 4.74 Å². The van der Waals surface area contributed by atoms with Crippen LogP contribution >= 0.6 is 0 Å². The zero-order valence-electron chi connectivity index (χ0n) is 11.6. The van der Waals surface area contributed by atoms with Crippen molar-refractivity contribution in [2.24, 2.45) is 0 Å². The molecule has 0 aromatic carbocycles. The lowest BCUT2D eigenvalue weighted by molar-refractivity contribution is -0.118. The molecule has 0 aliphatic rings. The summed E-state index contributed by atoms with van der Waals surface area (Å²) in [6.07, 6.45) is 4.45. The van der Waals surface area contributed by atoms with Crippen LogP contribution in [0.4, 0.5) is 0 Å². The summed E-state index contributed by atoms with van der Waals surface area (Å²) < 4.78 is 5.55. The summed E-state index contributed by atoms with van der Waals surface area (Å²) in [7, 11) is 1.86. The molecule has 1 heterocycles. The molecule has 0 fully saturated rings. The molecule has 0 radical (unpaired) electrons. The molecule has 1 atom stereocenters. The van der Waals surface area contributed by atoms with Crippen LogP contribution in [0.2, 0.25) is 0 Å². The van der Waals surface area contributed by atoms with Gasteiger partial charge in [-0.15, -0.1) is 0 Å². The standard InChI is InChI=1S/C14H22N2O2/c1-10(2)18-14-7-12(8-16-9-14)6-13(17)5-11(3)15-4/h7-11,15H,5-6H2,1-4H3/t11-/m1/s1. The van der Waals surface area contributed by atoms with Crippen LogP contribution in [-0.4, -0.2) is 30.0 Å². The summed E-state index contributed by atoms with van der Waals surface area (Å²) in [6.45, 7) is 5.92. The van der Waals surface area contributed by atoms with Crippen LogP contribution in [0.15, 0.2) is 18.5 Å². The van der Waals surface area contributed by atoms with Gasteiger partial charge in [-0.05, 0) is 39.4 Å². The first-order valence-electron chi connectivity index (χ1n) is 6.30. The quantitative estimate of drug-likeness (QED) is 0.804. The molecule has 0 spiro atoms. The minimum atomic E-state index is 0.113. The van der Waals surface area contributed by atoms with Gasteiger partial charge in [-0.25, -0.2) is 0 Å². The number of nitrogens with zero attached hydrogens (tertiary/aromatic N) is 1. The van der Waals surface area contributed by atoms with Gasteiger partial charge in [0, 0.05) is 25.1 Å². The molecule has 1 N–H and O–H groups in total. The minimum Gasteiger partial charge on any atom is -0.489 e. The number of hydrogen-bond donors (Lipinski definition) is 1. The number of carbonyl (C=O) groups is 1. The van der Waals surface area contributed by atoms with Gasteiger partial charge in [0.2, 0.25) is 0 Å². The monoisotopic (exact) mass is 250 g/mol. The van der Waals surface area contributed by atoms with Gasteiger partial charge in [-0.2, -0.15) is 0 Å². The predicted octanol–water partition coefficient (Wildman–Crippen LogP) is 1.98. The van der Waals surface area contributed by atoms with Gasteiger partial charge in [0.1, 0.15) is 11.5 Å². The van der Waals surface area contributed by atoms with Crippen LogP contribution in [0.25, 0.3) is 0 Å². The minimum absolute atomic E-state index is 0.113. The van der Waals surface area contributed by atoms with Crippen molar-refractivity contribution in [3.63, 3.8) is 0 Å². The fraction of sp³-hybridized carbons (Fsp3) is 0.571. The number of nitrogens with one attached hydrogen (secondary N) is 1.